The van der Waals surface area contributed by atoms with E-state index in [9.17, 15) is 0 Å². The second kappa shape index (κ2) is 5.24. The minimum absolute atomic E-state index is 0.753. The average Bonchev–Trinajstić information content (AvgIpc) is 2.81. The van der Waals surface area contributed by atoms with Crippen LogP contribution in [-0.2, 0) is 0 Å². The van der Waals surface area contributed by atoms with Crippen LogP contribution in [-0.4, -0.2) is 12.6 Å². The van der Waals surface area contributed by atoms with Crippen LogP contribution in [0, 0.1) is 0 Å². The Bertz CT molecular complexity index is 312. The van der Waals surface area contributed by atoms with Crippen molar-refractivity contribution in [2.24, 2.45) is 0 Å². The Kier molecular flexibility index (Phi) is 3.70. The number of benzene rings is 1. The van der Waals surface area contributed by atoms with E-state index in [2.05, 4.69) is 24.0 Å². The third-order valence-electron chi connectivity index (χ3n) is 3.45. The van der Waals surface area contributed by atoms with Crippen molar-refractivity contribution in [1.82, 2.24) is 0 Å². The molecule has 2 heteroatoms. The van der Waals surface area contributed by atoms with Crippen LogP contribution in [0.5, 0.6) is 0 Å². The highest BCUT2D eigenvalue weighted by Gasteiger charge is 2.21. The highest BCUT2D eigenvalue weighted by Crippen LogP contribution is 2.28. The maximum Gasteiger partial charge on any atom is 0.0370 e. The van der Waals surface area contributed by atoms with Gasteiger partial charge in [-0.15, -0.1) is 0 Å². The first-order chi connectivity index (χ1) is 7.81. The number of hydrogen-bond donors (Lipinski definition) is 1. The minimum atomic E-state index is 0.753. The molecule has 2 nitrogen and oxygen atoms in total. The van der Waals surface area contributed by atoms with Gasteiger partial charge in [-0.2, -0.15) is 0 Å². The summed E-state index contributed by atoms with van der Waals surface area (Å²) in [4.78, 5) is 2.56. The average molecular weight is 218 g/mol. The molecule has 0 unspecified atom stereocenters. The summed E-state index contributed by atoms with van der Waals surface area (Å²) in [5.74, 6) is 0. The Balaban J connectivity index is 2.14. The zero-order chi connectivity index (χ0) is 11.4. The summed E-state index contributed by atoms with van der Waals surface area (Å²) < 4.78 is 0. The number of rotatable bonds is 4. The van der Waals surface area contributed by atoms with Crippen LogP contribution >= 0.6 is 0 Å². The molecular formula is C14H22N2. The van der Waals surface area contributed by atoms with Gasteiger partial charge in [0.25, 0.3) is 0 Å². The summed E-state index contributed by atoms with van der Waals surface area (Å²) in [7, 11) is 0. The predicted octanol–water partition coefficient (Wildman–Crippen LogP) is 3.43. The largest absolute Gasteiger partial charge is 0.399 e. The Morgan fingerprint density at radius 1 is 1.19 bits per heavy atom. The van der Waals surface area contributed by atoms with Crippen LogP contribution < -0.4 is 10.6 Å². The lowest BCUT2D eigenvalue weighted by molar-refractivity contribution is 0.600. The van der Waals surface area contributed by atoms with Crippen molar-refractivity contribution in [2.45, 2.75) is 45.1 Å². The molecule has 1 aliphatic rings. The summed E-state index contributed by atoms with van der Waals surface area (Å²) in [6.45, 7) is 3.41. The van der Waals surface area contributed by atoms with Gasteiger partial charge < -0.3 is 10.6 Å². The number of nitrogens with two attached hydrogens (primary N) is 1. The summed E-state index contributed by atoms with van der Waals surface area (Å²) in [5.41, 5.74) is 7.93. The van der Waals surface area contributed by atoms with Crippen molar-refractivity contribution in [3.8, 4) is 0 Å². The van der Waals surface area contributed by atoms with E-state index in [1.54, 1.807) is 0 Å². The molecule has 2 N–H and O–H groups in total. The van der Waals surface area contributed by atoms with E-state index in [1.807, 2.05) is 12.1 Å². The van der Waals surface area contributed by atoms with Crippen LogP contribution in [0.4, 0.5) is 11.4 Å². The lowest BCUT2D eigenvalue weighted by atomic mass is 10.1. The van der Waals surface area contributed by atoms with Crippen molar-refractivity contribution < 1.29 is 0 Å². The molecular weight excluding hydrogens is 196 g/mol. The summed E-state index contributed by atoms with van der Waals surface area (Å²) in [6, 6.07) is 9.08. The second-order valence-electron chi connectivity index (χ2n) is 4.72. The molecule has 1 aromatic rings. The molecule has 0 heterocycles. The van der Waals surface area contributed by atoms with E-state index >= 15 is 0 Å². The zero-order valence-electron chi connectivity index (χ0n) is 10.2. The molecule has 2 rings (SSSR count). The Morgan fingerprint density at radius 2 is 1.81 bits per heavy atom. The quantitative estimate of drug-likeness (QED) is 0.784. The van der Waals surface area contributed by atoms with E-state index in [0.29, 0.717) is 0 Å². The predicted molar refractivity (Wildman–Crippen MR) is 70.7 cm³/mol. The van der Waals surface area contributed by atoms with Crippen LogP contribution in [0.25, 0.3) is 0 Å². The normalized spacial score (nSPS) is 16.6. The first kappa shape index (κ1) is 11.3. The lowest BCUT2D eigenvalue weighted by Gasteiger charge is -2.31. The van der Waals surface area contributed by atoms with Crippen molar-refractivity contribution in [3.63, 3.8) is 0 Å². The van der Waals surface area contributed by atoms with Gasteiger partial charge in [0, 0.05) is 24.0 Å². The first-order valence-electron chi connectivity index (χ1n) is 6.43. The van der Waals surface area contributed by atoms with E-state index in [1.165, 1.54) is 37.8 Å². The fourth-order valence-corrected chi connectivity index (χ4v) is 2.65. The van der Waals surface area contributed by atoms with Gasteiger partial charge in [0.1, 0.15) is 0 Å². The number of hydrogen-bond acceptors (Lipinski definition) is 2. The van der Waals surface area contributed by atoms with E-state index in [-0.39, 0.29) is 0 Å². The maximum absolute atomic E-state index is 5.74. The molecule has 0 atom stereocenters. The van der Waals surface area contributed by atoms with Crippen LogP contribution in [0.1, 0.15) is 39.0 Å². The first-order valence-corrected chi connectivity index (χ1v) is 6.43. The molecule has 0 amide bonds. The molecule has 0 radical (unpaired) electrons. The third kappa shape index (κ3) is 2.49. The van der Waals surface area contributed by atoms with Crippen LogP contribution in [0.3, 0.4) is 0 Å². The van der Waals surface area contributed by atoms with E-state index < -0.39 is 0 Å². The van der Waals surface area contributed by atoms with E-state index in [0.717, 1.165) is 18.3 Å². The molecule has 16 heavy (non-hydrogen) atoms. The molecule has 0 aliphatic heterocycles. The fraction of sp³-hybridized carbons (Fsp3) is 0.571. The molecule has 0 spiro atoms. The van der Waals surface area contributed by atoms with Gasteiger partial charge in [0.2, 0.25) is 0 Å². The van der Waals surface area contributed by atoms with Gasteiger partial charge in [-0.3, -0.25) is 0 Å². The van der Waals surface area contributed by atoms with Crippen molar-refractivity contribution >= 4 is 11.4 Å². The highest BCUT2D eigenvalue weighted by atomic mass is 15.2. The molecule has 0 saturated heterocycles. The second-order valence-corrected chi connectivity index (χ2v) is 4.72. The molecule has 0 bridgehead atoms. The van der Waals surface area contributed by atoms with Gasteiger partial charge in [0.05, 0.1) is 0 Å². The SMILES string of the molecule is CCCN(c1ccc(N)cc1)C1CCCC1. The van der Waals surface area contributed by atoms with E-state index in [4.69, 9.17) is 5.73 Å². The number of nitrogen functional groups attached to an aromatic ring is 1. The smallest absolute Gasteiger partial charge is 0.0370 e. The topological polar surface area (TPSA) is 29.3 Å². The molecule has 0 aromatic heterocycles. The Hall–Kier alpha value is -1.18. The van der Waals surface area contributed by atoms with Gasteiger partial charge in [-0.1, -0.05) is 19.8 Å². The Morgan fingerprint density at radius 3 is 2.38 bits per heavy atom. The lowest BCUT2D eigenvalue weighted by Crippen LogP contribution is -2.33. The van der Waals surface area contributed by atoms with Gasteiger partial charge >= 0.3 is 0 Å². The van der Waals surface area contributed by atoms with Crippen molar-refractivity contribution in [3.05, 3.63) is 24.3 Å². The van der Waals surface area contributed by atoms with Crippen LogP contribution in [0.15, 0.2) is 24.3 Å². The summed E-state index contributed by atoms with van der Waals surface area (Å²) in [5, 5.41) is 0. The Labute approximate surface area is 98.4 Å². The minimum Gasteiger partial charge on any atom is -0.399 e. The fourth-order valence-electron chi connectivity index (χ4n) is 2.65. The monoisotopic (exact) mass is 218 g/mol. The zero-order valence-corrected chi connectivity index (χ0v) is 10.2. The molecule has 1 aromatic carbocycles. The van der Waals surface area contributed by atoms with Crippen molar-refractivity contribution in [2.75, 3.05) is 17.2 Å². The highest BCUT2D eigenvalue weighted by molar-refractivity contribution is 5.53. The van der Waals surface area contributed by atoms with Gasteiger partial charge in [0.15, 0.2) is 0 Å². The summed E-state index contributed by atoms with van der Waals surface area (Å²) >= 11 is 0. The third-order valence-corrected chi connectivity index (χ3v) is 3.45. The molecule has 88 valence electrons. The molecule has 1 saturated carbocycles. The van der Waals surface area contributed by atoms with Gasteiger partial charge in [-0.25, -0.2) is 0 Å². The van der Waals surface area contributed by atoms with Crippen molar-refractivity contribution in [1.29, 1.82) is 0 Å². The standard InChI is InChI=1S/C14H22N2/c1-2-11-16(13-5-3-4-6-13)14-9-7-12(15)8-10-14/h7-10,13H,2-6,11,15H2,1H3. The number of anilines is 2. The van der Waals surface area contributed by atoms with Gasteiger partial charge in [-0.05, 0) is 43.5 Å². The maximum atomic E-state index is 5.74. The molecule has 1 aliphatic carbocycles. The molecule has 1 fully saturated rings. The summed E-state index contributed by atoms with van der Waals surface area (Å²) in [6.07, 6.45) is 6.69. The van der Waals surface area contributed by atoms with Crippen LogP contribution in [0.2, 0.25) is 0 Å². The number of nitrogens with zero attached hydrogens (tertiary/aromatic N) is 1.